The Morgan fingerprint density at radius 1 is 1.50 bits per heavy atom. The van der Waals surface area contributed by atoms with E-state index in [1.807, 2.05) is 0 Å². The largest absolute Gasteiger partial charge is 0.396 e. The molecule has 3 aliphatic carbocycles. The van der Waals surface area contributed by atoms with Crippen LogP contribution in [0.2, 0.25) is 0 Å². The molecule has 3 aliphatic rings. The van der Waals surface area contributed by atoms with Crippen molar-refractivity contribution in [1.29, 1.82) is 0 Å². The molecule has 3 fully saturated rings. The second-order valence-electron chi connectivity index (χ2n) is 4.74. The van der Waals surface area contributed by atoms with Gasteiger partial charge in [-0.3, -0.25) is 4.79 Å². The summed E-state index contributed by atoms with van der Waals surface area (Å²) in [5.74, 6) is 1.17. The highest BCUT2D eigenvalue weighted by Gasteiger charge is 2.78. The first-order valence-electron chi connectivity index (χ1n) is 4.89. The van der Waals surface area contributed by atoms with Crippen LogP contribution in [0, 0.1) is 16.7 Å². The van der Waals surface area contributed by atoms with Gasteiger partial charge in [0.25, 0.3) is 0 Å². The average molecular weight is 166 g/mol. The van der Waals surface area contributed by atoms with Gasteiger partial charge in [0.15, 0.2) is 0 Å². The lowest BCUT2D eigenvalue weighted by Gasteiger charge is -2.47. The van der Waals surface area contributed by atoms with Gasteiger partial charge in [0, 0.05) is 18.4 Å². The number of carbonyl (C=O) groups excluding carboxylic acids is 1. The van der Waals surface area contributed by atoms with Gasteiger partial charge in [0.2, 0.25) is 0 Å². The minimum Gasteiger partial charge on any atom is -0.396 e. The summed E-state index contributed by atoms with van der Waals surface area (Å²) >= 11 is 0. The summed E-state index contributed by atoms with van der Waals surface area (Å²) in [6.07, 6.45) is 5.15. The lowest BCUT2D eigenvalue weighted by atomic mass is 9.56. The van der Waals surface area contributed by atoms with Crippen LogP contribution < -0.4 is 0 Å². The maximum atomic E-state index is 11.7. The monoisotopic (exact) mass is 166 g/mol. The smallest absolute Gasteiger partial charge is 0.139 e. The molecule has 3 atom stereocenters. The molecule has 0 amide bonds. The molecule has 12 heavy (non-hydrogen) atoms. The van der Waals surface area contributed by atoms with Gasteiger partial charge in [-0.1, -0.05) is 0 Å². The van der Waals surface area contributed by atoms with E-state index < -0.39 is 0 Å². The first-order valence-corrected chi connectivity index (χ1v) is 4.89. The first kappa shape index (κ1) is 7.07. The fraction of sp³-hybridized carbons (Fsp3) is 0.900. The normalized spacial score (nSPS) is 54.4. The Hall–Kier alpha value is -0.370. The lowest BCUT2D eigenvalue weighted by molar-refractivity contribution is -0.138. The van der Waals surface area contributed by atoms with Crippen molar-refractivity contribution in [3.05, 3.63) is 0 Å². The number of aliphatic hydroxyl groups excluding tert-OH is 1. The zero-order valence-corrected chi connectivity index (χ0v) is 7.18. The highest BCUT2D eigenvalue weighted by atomic mass is 16.3. The number of rotatable bonds is 2. The predicted octanol–water partition coefficient (Wildman–Crippen LogP) is 1.13. The minimum atomic E-state index is -0.0353. The van der Waals surface area contributed by atoms with Gasteiger partial charge in [-0.25, -0.2) is 0 Å². The number of ketones is 1. The molecule has 0 saturated heterocycles. The van der Waals surface area contributed by atoms with Crippen molar-refractivity contribution in [2.75, 3.05) is 6.61 Å². The molecule has 66 valence electrons. The van der Waals surface area contributed by atoms with Crippen LogP contribution in [0.5, 0.6) is 0 Å². The van der Waals surface area contributed by atoms with Gasteiger partial charge in [0.05, 0.1) is 0 Å². The highest BCUT2D eigenvalue weighted by molar-refractivity contribution is 5.91. The number of hydrogen-bond acceptors (Lipinski definition) is 2. The molecule has 0 bridgehead atoms. The summed E-state index contributed by atoms with van der Waals surface area (Å²) in [6.45, 7) is 0.195. The fourth-order valence-corrected chi connectivity index (χ4v) is 3.83. The highest BCUT2D eigenvalue weighted by Crippen LogP contribution is 2.81. The van der Waals surface area contributed by atoms with E-state index >= 15 is 0 Å². The topological polar surface area (TPSA) is 37.3 Å². The van der Waals surface area contributed by atoms with Crippen LogP contribution in [0.4, 0.5) is 0 Å². The van der Waals surface area contributed by atoms with E-state index in [0.717, 1.165) is 19.3 Å². The van der Waals surface area contributed by atoms with Crippen molar-refractivity contribution >= 4 is 5.78 Å². The molecular formula is C10H14O2. The molecule has 3 unspecified atom stereocenters. The summed E-state index contributed by atoms with van der Waals surface area (Å²) < 4.78 is 0. The SMILES string of the molecule is O=C1CC2CC23CCC13CCO. The van der Waals surface area contributed by atoms with E-state index in [4.69, 9.17) is 5.11 Å². The third-order valence-electron chi connectivity index (χ3n) is 4.69. The van der Waals surface area contributed by atoms with Gasteiger partial charge in [-0.05, 0) is 37.0 Å². The summed E-state index contributed by atoms with van der Waals surface area (Å²) in [5, 5.41) is 8.94. The molecule has 2 nitrogen and oxygen atoms in total. The molecule has 2 heteroatoms. The average Bonchev–Trinajstić information content (AvgIpc) is 2.70. The van der Waals surface area contributed by atoms with Gasteiger partial charge in [-0.15, -0.1) is 0 Å². The molecule has 1 N–H and O–H groups in total. The molecule has 0 aromatic heterocycles. The Morgan fingerprint density at radius 2 is 2.33 bits per heavy atom. The number of hydrogen-bond donors (Lipinski definition) is 1. The number of Topliss-reactive ketones (excluding diaryl/α,β-unsaturated/α-hetero) is 1. The zero-order valence-electron chi connectivity index (χ0n) is 7.18. The Bertz CT molecular complexity index is 257. The van der Waals surface area contributed by atoms with Crippen LogP contribution in [0.3, 0.4) is 0 Å². The quantitative estimate of drug-likeness (QED) is 0.667. The van der Waals surface area contributed by atoms with Crippen molar-refractivity contribution < 1.29 is 9.90 Å². The van der Waals surface area contributed by atoms with Crippen LogP contribution in [-0.4, -0.2) is 17.5 Å². The second kappa shape index (κ2) is 1.77. The summed E-state index contributed by atoms with van der Waals surface area (Å²) in [5.41, 5.74) is 0.374. The van der Waals surface area contributed by atoms with Crippen molar-refractivity contribution in [3.8, 4) is 0 Å². The van der Waals surface area contributed by atoms with Crippen LogP contribution in [-0.2, 0) is 4.79 Å². The van der Waals surface area contributed by atoms with E-state index in [1.54, 1.807) is 0 Å². The molecule has 0 radical (unpaired) electrons. The minimum absolute atomic E-state index is 0.0353. The summed E-state index contributed by atoms with van der Waals surface area (Å²) in [6, 6.07) is 0. The van der Waals surface area contributed by atoms with Crippen molar-refractivity contribution in [2.45, 2.75) is 32.1 Å². The van der Waals surface area contributed by atoms with E-state index in [0.29, 0.717) is 17.1 Å². The molecular weight excluding hydrogens is 152 g/mol. The Morgan fingerprint density at radius 3 is 2.83 bits per heavy atom. The standard InChI is InChI=1S/C10H14O2/c11-4-3-9-1-2-10(9)6-7(10)5-8(9)12/h7,11H,1-6H2. The Balaban J connectivity index is 1.96. The van der Waals surface area contributed by atoms with E-state index in [-0.39, 0.29) is 12.0 Å². The molecule has 1 spiro atoms. The van der Waals surface area contributed by atoms with Crippen LogP contribution in [0.25, 0.3) is 0 Å². The Labute approximate surface area is 72.0 Å². The summed E-state index contributed by atoms with van der Waals surface area (Å²) in [7, 11) is 0. The van der Waals surface area contributed by atoms with Crippen LogP contribution in [0.15, 0.2) is 0 Å². The van der Waals surface area contributed by atoms with Gasteiger partial charge in [-0.2, -0.15) is 0 Å². The van der Waals surface area contributed by atoms with E-state index in [9.17, 15) is 4.79 Å². The van der Waals surface area contributed by atoms with Gasteiger partial charge < -0.3 is 5.11 Å². The van der Waals surface area contributed by atoms with Crippen LogP contribution >= 0.6 is 0 Å². The maximum absolute atomic E-state index is 11.7. The Kier molecular flexibility index (Phi) is 1.04. The maximum Gasteiger partial charge on any atom is 0.139 e. The number of carbonyl (C=O) groups is 1. The fourth-order valence-electron chi connectivity index (χ4n) is 3.83. The van der Waals surface area contributed by atoms with Crippen LogP contribution in [0.1, 0.15) is 32.1 Å². The van der Waals surface area contributed by atoms with Gasteiger partial charge >= 0.3 is 0 Å². The first-order chi connectivity index (χ1) is 5.75. The van der Waals surface area contributed by atoms with Gasteiger partial charge in [0.1, 0.15) is 5.78 Å². The number of aliphatic hydroxyl groups is 1. The molecule has 0 aromatic carbocycles. The van der Waals surface area contributed by atoms with E-state index in [2.05, 4.69) is 0 Å². The third-order valence-corrected chi connectivity index (χ3v) is 4.69. The lowest BCUT2D eigenvalue weighted by Crippen LogP contribution is -2.45. The molecule has 3 saturated carbocycles. The van der Waals surface area contributed by atoms with Crippen molar-refractivity contribution in [3.63, 3.8) is 0 Å². The van der Waals surface area contributed by atoms with Crippen molar-refractivity contribution in [1.82, 2.24) is 0 Å². The van der Waals surface area contributed by atoms with E-state index in [1.165, 1.54) is 12.8 Å². The molecule has 0 aliphatic heterocycles. The second-order valence-corrected chi connectivity index (χ2v) is 4.74. The molecule has 0 heterocycles. The summed E-state index contributed by atoms with van der Waals surface area (Å²) in [4.78, 5) is 11.7. The third kappa shape index (κ3) is 0.481. The molecule has 0 aromatic rings. The predicted molar refractivity (Wildman–Crippen MR) is 43.5 cm³/mol. The molecule has 3 rings (SSSR count). The zero-order chi connectivity index (χ0) is 8.40. The van der Waals surface area contributed by atoms with Crippen molar-refractivity contribution in [2.24, 2.45) is 16.7 Å².